The van der Waals surface area contributed by atoms with Crippen molar-refractivity contribution in [3.63, 3.8) is 0 Å². The Morgan fingerprint density at radius 2 is 1.49 bits per heavy atom. The maximum atomic E-state index is 2.80. The maximum absolute atomic E-state index is 2.80. The van der Waals surface area contributed by atoms with Crippen LogP contribution in [0.4, 0.5) is 11.4 Å². The maximum Gasteiger partial charge on any atom is 0.0539 e. The van der Waals surface area contributed by atoms with Crippen LogP contribution in [-0.2, 0) is 0 Å². The lowest BCUT2D eigenvalue weighted by molar-refractivity contribution is 0.304. The van der Waals surface area contributed by atoms with E-state index in [0.717, 1.165) is 51.4 Å². The van der Waals surface area contributed by atoms with Crippen LogP contribution >= 0.6 is 0 Å². The molecule has 0 spiro atoms. The van der Waals surface area contributed by atoms with Gasteiger partial charge in [0.15, 0.2) is 0 Å². The molecule has 8 aliphatic carbocycles. The summed E-state index contributed by atoms with van der Waals surface area (Å²) in [5.74, 6) is 1.59. The van der Waals surface area contributed by atoms with Crippen LogP contribution in [0, 0.1) is 23.2 Å². The number of hydrogen-bond acceptors (Lipinski definition) is 2. The van der Waals surface area contributed by atoms with Crippen molar-refractivity contribution in [1.29, 1.82) is 0 Å². The Morgan fingerprint density at radius 1 is 0.655 bits per heavy atom. The standard InChI is InChI=1S/C53H50N2/c1-4-18-39(19-5-1)53(40-20-6-2-7-21-40)49-26-14-12-24-45(49)46-32-30-43(35-50(46)53)54(42-29-28-37-16-10-11-17-38(37)34-42)44-31-33-48-47-25-13-15-27-51(47)55(52(48)36-44)41-22-8-3-9-23-41/h1-6,8-11,13-18,20,22-23,25-29,31,33-35,37-39,44,48,52H,7,12,19,21,24,30,32,36H2. The third kappa shape index (κ3) is 5.21. The average Bonchev–Trinajstić information content (AvgIpc) is 3.75. The topological polar surface area (TPSA) is 6.48 Å². The molecule has 0 aromatic heterocycles. The minimum absolute atomic E-state index is 0.131. The molecular formula is C53H50N2. The number of nitrogens with zero attached hydrogens (tertiary/aromatic N) is 2. The predicted molar refractivity (Wildman–Crippen MR) is 228 cm³/mol. The fourth-order valence-electron chi connectivity index (χ4n) is 11.8. The number of rotatable bonds is 6. The van der Waals surface area contributed by atoms with Crippen molar-refractivity contribution in [2.75, 3.05) is 4.90 Å². The molecule has 272 valence electrons. The molecule has 2 nitrogen and oxygen atoms in total. The molecule has 11 rings (SSSR count). The van der Waals surface area contributed by atoms with E-state index in [1.54, 1.807) is 27.9 Å². The summed E-state index contributed by atoms with van der Waals surface area (Å²) in [5.41, 5.74) is 14.9. The van der Waals surface area contributed by atoms with E-state index in [9.17, 15) is 0 Å². The molecule has 2 heteroatoms. The van der Waals surface area contributed by atoms with E-state index in [-0.39, 0.29) is 11.5 Å². The Bertz CT molecular complexity index is 2320. The van der Waals surface area contributed by atoms with Crippen molar-refractivity contribution in [2.24, 2.45) is 23.2 Å². The van der Waals surface area contributed by atoms with E-state index in [1.807, 2.05) is 0 Å². The molecule has 55 heavy (non-hydrogen) atoms. The van der Waals surface area contributed by atoms with Crippen LogP contribution in [0.25, 0.3) is 0 Å². The van der Waals surface area contributed by atoms with Crippen LogP contribution in [0.15, 0.2) is 209 Å². The summed E-state index contributed by atoms with van der Waals surface area (Å²) < 4.78 is 0. The molecule has 0 bridgehead atoms. The molecule has 1 heterocycles. The number of allylic oxidation sites excluding steroid dienone is 23. The zero-order valence-electron chi connectivity index (χ0n) is 31.7. The predicted octanol–water partition coefficient (Wildman–Crippen LogP) is 12.8. The van der Waals surface area contributed by atoms with Crippen molar-refractivity contribution >= 4 is 11.4 Å². The van der Waals surface area contributed by atoms with E-state index in [0.29, 0.717) is 29.7 Å². The number of anilines is 2. The zero-order chi connectivity index (χ0) is 36.3. The number of benzene rings is 2. The first-order valence-corrected chi connectivity index (χ1v) is 21.0. The molecule has 0 saturated heterocycles. The highest BCUT2D eigenvalue weighted by atomic mass is 15.2. The van der Waals surface area contributed by atoms with Gasteiger partial charge in [-0.15, -0.1) is 0 Å². The SMILES string of the molecule is C1=CCCC(C2(C3C=CC=CC3)C3=C(CCC=C3)C3=C2C=C(N(C2=CC4C=CC=CC4C=C2)C2C=CC4c5ccccc5N(c5ccccc5)C4C2)CC3)=C1. The van der Waals surface area contributed by atoms with E-state index in [2.05, 4.69) is 180 Å². The second-order valence-electron chi connectivity index (χ2n) is 16.8. The van der Waals surface area contributed by atoms with Gasteiger partial charge in [0.2, 0.25) is 0 Å². The highest BCUT2D eigenvalue weighted by Gasteiger charge is 2.53. The summed E-state index contributed by atoms with van der Waals surface area (Å²) in [4.78, 5) is 5.45. The fourth-order valence-corrected chi connectivity index (χ4v) is 11.8. The van der Waals surface area contributed by atoms with Gasteiger partial charge < -0.3 is 9.80 Å². The molecule has 9 aliphatic rings. The number of hydrogen-bond donors (Lipinski definition) is 0. The fraction of sp³-hybridized carbons (Fsp3) is 0.283. The Morgan fingerprint density at radius 3 is 2.36 bits per heavy atom. The van der Waals surface area contributed by atoms with Crippen LogP contribution < -0.4 is 4.90 Å². The van der Waals surface area contributed by atoms with Crippen molar-refractivity contribution in [3.8, 4) is 0 Å². The van der Waals surface area contributed by atoms with Gasteiger partial charge in [-0.2, -0.15) is 0 Å². The summed E-state index contributed by atoms with van der Waals surface area (Å²) in [6.45, 7) is 0. The first kappa shape index (κ1) is 33.0. The van der Waals surface area contributed by atoms with Crippen molar-refractivity contribution in [2.45, 2.75) is 69.4 Å². The summed E-state index contributed by atoms with van der Waals surface area (Å²) in [6, 6.07) is 20.8. The average molecular weight is 715 g/mol. The van der Waals surface area contributed by atoms with Crippen LogP contribution in [0.5, 0.6) is 0 Å². The highest BCUT2D eigenvalue weighted by molar-refractivity contribution is 5.74. The third-order valence-electron chi connectivity index (χ3n) is 14.1. The lowest BCUT2D eigenvalue weighted by atomic mass is 9.58. The van der Waals surface area contributed by atoms with Crippen molar-refractivity contribution in [1.82, 2.24) is 4.90 Å². The minimum atomic E-state index is -0.131. The molecule has 0 fully saturated rings. The molecule has 7 atom stereocenters. The Labute approximate surface area is 327 Å². The molecule has 2 aromatic rings. The third-order valence-corrected chi connectivity index (χ3v) is 14.1. The van der Waals surface area contributed by atoms with Crippen LogP contribution in [0.1, 0.15) is 62.8 Å². The molecule has 7 unspecified atom stereocenters. The number of para-hydroxylation sites is 2. The second-order valence-corrected chi connectivity index (χ2v) is 16.8. The van der Waals surface area contributed by atoms with Gasteiger partial charge in [0.05, 0.1) is 6.04 Å². The van der Waals surface area contributed by atoms with Gasteiger partial charge in [0, 0.05) is 52.0 Å². The lowest BCUT2D eigenvalue weighted by Gasteiger charge is -2.46. The second kappa shape index (κ2) is 13.4. The molecule has 0 N–H and O–H groups in total. The van der Waals surface area contributed by atoms with Gasteiger partial charge in [0.1, 0.15) is 0 Å². The van der Waals surface area contributed by atoms with Gasteiger partial charge in [0.25, 0.3) is 0 Å². The first-order chi connectivity index (χ1) is 27.3. The number of fused-ring (bicyclic) bond motifs is 5. The molecule has 0 radical (unpaired) electrons. The van der Waals surface area contributed by atoms with Crippen LogP contribution in [0.2, 0.25) is 0 Å². The quantitative estimate of drug-likeness (QED) is 0.275. The van der Waals surface area contributed by atoms with Gasteiger partial charge in [-0.05, 0) is 115 Å². The summed E-state index contributed by atoms with van der Waals surface area (Å²) in [5, 5.41) is 0. The van der Waals surface area contributed by atoms with E-state index < -0.39 is 0 Å². The largest absolute Gasteiger partial charge is 0.338 e. The summed E-state index contributed by atoms with van der Waals surface area (Å²) in [6.07, 6.45) is 55.2. The molecule has 1 aliphatic heterocycles. The molecule has 0 saturated carbocycles. The van der Waals surface area contributed by atoms with Gasteiger partial charge in [-0.25, -0.2) is 0 Å². The van der Waals surface area contributed by atoms with Gasteiger partial charge >= 0.3 is 0 Å². The first-order valence-electron chi connectivity index (χ1n) is 21.0. The van der Waals surface area contributed by atoms with Crippen LogP contribution in [-0.4, -0.2) is 17.0 Å². The molecule has 0 amide bonds. The van der Waals surface area contributed by atoms with E-state index in [4.69, 9.17) is 0 Å². The monoisotopic (exact) mass is 714 g/mol. The smallest absolute Gasteiger partial charge is 0.0539 e. The van der Waals surface area contributed by atoms with Crippen molar-refractivity contribution in [3.05, 3.63) is 215 Å². The molecule has 2 aromatic carbocycles. The van der Waals surface area contributed by atoms with Gasteiger partial charge in [-0.1, -0.05) is 145 Å². The molecular weight excluding hydrogens is 665 g/mol. The van der Waals surface area contributed by atoms with E-state index in [1.165, 1.54) is 28.3 Å². The normalized spacial score (nSPS) is 32.1. The highest BCUT2D eigenvalue weighted by Crippen LogP contribution is 2.64. The van der Waals surface area contributed by atoms with Gasteiger partial charge in [-0.3, -0.25) is 0 Å². The van der Waals surface area contributed by atoms with E-state index >= 15 is 0 Å². The minimum Gasteiger partial charge on any atom is -0.338 e. The zero-order valence-corrected chi connectivity index (χ0v) is 31.7. The Balaban J connectivity index is 1.06. The summed E-state index contributed by atoms with van der Waals surface area (Å²) >= 11 is 0. The van der Waals surface area contributed by atoms with Crippen molar-refractivity contribution < 1.29 is 0 Å². The Kier molecular flexibility index (Phi) is 8.08. The van der Waals surface area contributed by atoms with Crippen LogP contribution in [0.3, 0.4) is 0 Å². The summed E-state index contributed by atoms with van der Waals surface area (Å²) in [7, 11) is 0. The lowest BCUT2D eigenvalue weighted by Crippen LogP contribution is -2.43. The Hall–Kier alpha value is -5.34.